The third kappa shape index (κ3) is 5.11. The van der Waals surface area contributed by atoms with E-state index in [4.69, 9.17) is 14.6 Å². The Hall–Kier alpha value is -4.20. The number of amidine groups is 1. The molecule has 5 rings (SSSR count). The van der Waals surface area contributed by atoms with Gasteiger partial charge in [0.2, 0.25) is 0 Å². The van der Waals surface area contributed by atoms with Gasteiger partial charge in [-0.2, -0.15) is 13.9 Å². The number of anilines is 1. The third-order valence-corrected chi connectivity index (χ3v) is 6.06. The zero-order valence-electron chi connectivity index (χ0n) is 20.7. The zero-order valence-corrected chi connectivity index (χ0v) is 20.7. The monoisotopic (exact) mass is 550 g/mol. The van der Waals surface area contributed by atoms with Crippen LogP contribution in [0.4, 0.5) is 27.6 Å². The molecule has 1 atom stereocenters. The van der Waals surface area contributed by atoms with Gasteiger partial charge in [-0.1, -0.05) is 0 Å². The van der Waals surface area contributed by atoms with Crippen LogP contribution in [-0.4, -0.2) is 56.3 Å². The standard InChI is InChI=1S/C25H23F5N6O3/c1-3-36-17(8-19(35-36)24(2,28)29)14-9-32-22-20(14)18(4-5-31-22)39-21-15(26)6-13(7-16(21)27)34-23-33-10-25(30,11-37)12-38-23/h4-9,37H,3,10-12H2,1-2H3,(H,31,32)(H,33,34). The molecule has 0 bridgehead atoms. The summed E-state index contributed by atoms with van der Waals surface area (Å²) in [6.07, 6.45) is 2.89. The lowest BCUT2D eigenvalue weighted by molar-refractivity contribution is 0.0121. The predicted octanol–water partition coefficient (Wildman–Crippen LogP) is 5.13. The summed E-state index contributed by atoms with van der Waals surface area (Å²) in [4.78, 5) is 10.9. The zero-order chi connectivity index (χ0) is 27.9. The van der Waals surface area contributed by atoms with E-state index in [0.29, 0.717) is 22.3 Å². The van der Waals surface area contributed by atoms with E-state index in [-0.39, 0.29) is 30.5 Å². The number of aromatic amines is 1. The summed E-state index contributed by atoms with van der Waals surface area (Å²) >= 11 is 0. The Labute approximate surface area is 218 Å². The number of halogens is 5. The van der Waals surface area contributed by atoms with Crippen molar-refractivity contribution in [3.63, 3.8) is 0 Å². The van der Waals surface area contributed by atoms with Gasteiger partial charge in [0.15, 0.2) is 23.1 Å². The quantitative estimate of drug-likeness (QED) is 0.276. The van der Waals surface area contributed by atoms with Gasteiger partial charge in [0.05, 0.1) is 24.2 Å². The number of nitrogens with one attached hydrogen (secondary N) is 2. The second-order valence-electron chi connectivity index (χ2n) is 9.07. The van der Waals surface area contributed by atoms with E-state index in [1.165, 1.54) is 29.2 Å². The van der Waals surface area contributed by atoms with Crippen LogP contribution < -0.4 is 10.1 Å². The largest absolute Gasteiger partial charge is 0.461 e. The molecule has 0 radical (unpaired) electrons. The minimum absolute atomic E-state index is 0.0201. The van der Waals surface area contributed by atoms with Crippen molar-refractivity contribution in [3.8, 4) is 22.8 Å². The summed E-state index contributed by atoms with van der Waals surface area (Å²) in [6, 6.07) is 4.34. The fourth-order valence-electron chi connectivity index (χ4n) is 4.04. The first-order chi connectivity index (χ1) is 18.5. The van der Waals surface area contributed by atoms with Crippen molar-refractivity contribution in [3.05, 3.63) is 54.0 Å². The maximum Gasteiger partial charge on any atom is 0.289 e. The van der Waals surface area contributed by atoms with Gasteiger partial charge in [0.25, 0.3) is 11.9 Å². The lowest BCUT2D eigenvalue weighted by Crippen LogP contribution is -2.43. The molecule has 14 heteroatoms. The van der Waals surface area contributed by atoms with Crippen LogP contribution in [0.2, 0.25) is 0 Å². The molecule has 0 amide bonds. The molecule has 1 unspecified atom stereocenters. The Morgan fingerprint density at radius 3 is 2.62 bits per heavy atom. The maximum atomic E-state index is 15.0. The number of alkyl halides is 3. The normalized spacial score (nSPS) is 17.7. The third-order valence-electron chi connectivity index (χ3n) is 6.06. The number of aromatic nitrogens is 4. The minimum Gasteiger partial charge on any atom is -0.461 e. The first kappa shape index (κ1) is 26.4. The highest BCUT2D eigenvalue weighted by molar-refractivity contribution is 5.97. The van der Waals surface area contributed by atoms with Crippen LogP contribution in [-0.2, 0) is 17.2 Å². The highest BCUT2D eigenvalue weighted by Gasteiger charge is 2.34. The van der Waals surface area contributed by atoms with Crippen LogP contribution in [0.1, 0.15) is 19.5 Å². The number of benzene rings is 1. The predicted molar refractivity (Wildman–Crippen MR) is 132 cm³/mol. The second-order valence-corrected chi connectivity index (χ2v) is 9.07. The molecule has 4 heterocycles. The summed E-state index contributed by atoms with van der Waals surface area (Å²) < 4.78 is 84.2. The van der Waals surface area contributed by atoms with Gasteiger partial charge >= 0.3 is 0 Å². The molecule has 0 fully saturated rings. The van der Waals surface area contributed by atoms with E-state index < -0.39 is 47.9 Å². The molecular formula is C25H23F5N6O3. The lowest BCUT2D eigenvalue weighted by atomic mass is 10.1. The van der Waals surface area contributed by atoms with E-state index in [0.717, 1.165) is 19.1 Å². The summed E-state index contributed by atoms with van der Waals surface area (Å²) in [5.41, 5.74) is -1.50. The Bertz CT molecular complexity index is 1540. The number of hydrogen-bond donors (Lipinski definition) is 3. The van der Waals surface area contributed by atoms with Crippen LogP contribution in [0.15, 0.2) is 41.7 Å². The summed E-state index contributed by atoms with van der Waals surface area (Å²) in [7, 11) is 0. The van der Waals surface area contributed by atoms with Crippen molar-refractivity contribution in [1.82, 2.24) is 19.7 Å². The summed E-state index contributed by atoms with van der Waals surface area (Å²) in [5, 5.41) is 15.9. The number of nitrogens with zero attached hydrogens (tertiary/aromatic N) is 4. The van der Waals surface area contributed by atoms with Gasteiger partial charge < -0.3 is 24.9 Å². The summed E-state index contributed by atoms with van der Waals surface area (Å²) in [6.45, 7) is 1.12. The van der Waals surface area contributed by atoms with Crippen molar-refractivity contribution in [2.75, 3.05) is 25.1 Å². The molecule has 4 aromatic rings. The Morgan fingerprint density at radius 1 is 1.26 bits per heavy atom. The minimum atomic E-state index is -3.18. The number of ether oxygens (including phenoxy) is 2. The van der Waals surface area contributed by atoms with Crippen LogP contribution in [0, 0.1) is 11.6 Å². The average Bonchev–Trinajstić information content (AvgIpc) is 3.52. The van der Waals surface area contributed by atoms with Gasteiger partial charge in [-0.15, -0.1) is 0 Å². The number of H-pyrrole nitrogens is 1. The molecular weight excluding hydrogens is 527 g/mol. The summed E-state index contributed by atoms with van der Waals surface area (Å²) in [5.74, 6) is -6.02. The van der Waals surface area contributed by atoms with Crippen molar-refractivity contribution >= 4 is 22.7 Å². The average molecular weight is 550 g/mol. The number of rotatable bonds is 7. The molecule has 3 N–H and O–H groups in total. The number of pyridine rings is 1. The van der Waals surface area contributed by atoms with E-state index in [1.807, 2.05) is 0 Å². The number of aliphatic imine (C=N–C) groups is 1. The highest BCUT2D eigenvalue weighted by Crippen LogP contribution is 2.40. The molecule has 0 aliphatic carbocycles. The number of hydrogen-bond acceptors (Lipinski definition) is 7. The van der Waals surface area contributed by atoms with E-state index in [1.54, 1.807) is 6.92 Å². The molecule has 206 valence electrons. The fraction of sp³-hybridized carbons (Fsp3) is 0.320. The number of aliphatic hydroxyl groups is 1. The first-order valence-electron chi connectivity index (χ1n) is 11.8. The van der Waals surface area contributed by atoms with E-state index in [2.05, 4.69) is 25.4 Å². The fourth-order valence-corrected chi connectivity index (χ4v) is 4.04. The Balaban J connectivity index is 1.47. The van der Waals surface area contributed by atoms with Crippen molar-refractivity contribution in [2.45, 2.75) is 32.0 Å². The number of aryl methyl sites for hydroxylation is 1. The highest BCUT2D eigenvalue weighted by atomic mass is 19.3. The van der Waals surface area contributed by atoms with Gasteiger partial charge in [0.1, 0.15) is 23.7 Å². The molecule has 39 heavy (non-hydrogen) atoms. The molecule has 1 aliphatic rings. The SMILES string of the molecule is CCn1nc(C(C)(F)F)cc1-c1c[nH]c2nccc(Oc3c(F)cc(NC4=NCC(F)(CO)CO4)cc3F)c12. The van der Waals surface area contributed by atoms with Crippen LogP contribution in [0.3, 0.4) is 0 Å². The molecule has 0 saturated carbocycles. The molecule has 0 saturated heterocycles. The van der Waals surface area contributed by atoms with Crippen molar-refractivity contribution < 1.29 is 36.5 Å². The molecule has 1 aromatic carbocycles. The maximum absolute atomic E-state index is 15.0. The van der Waals surface area contributed by atoms with Crippen molar-refractivity contribution in [2.24, 2.45) is 4.99 Å². The van der Waals surface area contributed by atoms with E-state index >= 15 is 8.78 Å². The topological polar surface area (TPSA) is 110 Å². The van der Waals surface area contributed by atoms with E-state index in [9.17, 15) is 13.2 Å². The molecule has 0 spiro atoms. The molecule has 1 aliphatic heterocycles. The van der Waals surface area contributed by atoms with Gasteiger partial charge in [-0.25, -0.2) is 23.1 Å². The van der Waals surface area contributed by atoms with Crippen LogP contribution in [0.5, 0.6) is 11.5 Å². The first-order valence-corrected chi connectivity index (χ1v) is 11.8. The lowest BCUT2D eigenvalue weighted by Gasteiger charge is -2.26. The van der Waals surface area contributed by atoms with Gasteiger partial charge in [0, 0.05) is 49.2 Å². The van der Waals surface area contributed by atoms with Gasteiger partial charge in [-0.3, -0.25) is 4.68 Å². The van der Waals surface area contributed by atoms with Crippen LogP contribution in [0.25, 0.3) is 22.3 Å². The number of aliphatic hydroxyl groups excluding tert-OH is 1. The molecule has 3 aromatic heterocycles. The Morgan fingerprint density at radius 2 is 2.00 bits per heavy atom. The number of fused-ring (bicyclic) bond motifs is 1. The van der Waals surface area contributed by atoms with Crippen molar-refractivity contribution in [1.29, 1.82) is 0 Å². The Kier molecular flexibility index (Phi) is 6.66. The van der Waals surface area contributed by atoms with Crippen LogP contribution >= 0.6 is 0 Å². The second kappa shape index (κ2) is 9.84. The molecule has 9 nitrogen and oxygen atoms in total. The van der Waals surface area contributed by atoms with Gasteiger partial charge in [-0.05, 0) is 19.1 Å². The smallest absolute Gasteiger partial charge is 0.289 e.